The fourth-order valence-electron chi connectivity index (χ4n) is 3.35. The van der Waals surface area contributed by atoms with Crippen molar-refractivity contribution in [3.8, 4) is 22.8 Å². The number of thiazole rings is 1. The molecule has 2 aromatic carbocycles. The van der Waals surface area contributed by atoms with Gasteiger partial charge in [-0.05, 0) is 60.8 Å². The molecule has 0 saturated heterocycles. The number of fused-ring (bicyclic) bond motifs is 1. The van der Waals surface area contributed by atoms with Gasteiger partial charge in [-0.3, -0.25) is 4.79 Å². The summed E-state index contributed by atoms with van der Waals surface area (Å²) in [4.78, 5) is 41.6. The Kier molecular flexibility index (Phi) is 6.61. The van der Waals surface area contributed by atoms with Gasteiger partial charge >= 0.3 is 11.6 Å². The van der Waals surface area contributed by atoms with Crippen LogP contribution in [-0.4, -0.2) is 23.5 Å². The summed E-state index contributed by atoms with van der Waals surface area (Å²) >= 11 is 2.76. The van der Waals surface area contributed by atoms with Gasteiger partial charge in [-0.15, -0.1) is 22.7 Å². The van der Waals surface area contributed by atoms with E-state index in [0.29, 0.717) is 44.3 Å². The van der Waals surface area contributed by atoms with E-state index in [0.717, 1.165) is 5.01 Å². The Bertz CT molecular complexity index is 1600. The van der Waals surface area contributed by atoms with Crippen molar-refractivity contribution in [2.75, 3.05) is 11.9 Å². The van der Waals surface area contributed by atoms with Crippen molar-refractivity contribution in [3.05, 3.63) is 91.7 Å². The second-order valence-corrected chi connectivity index (χ2v) is 9.64. The quantitative estimate of drug-likeness (QED) is 0.172. The number of nitrogens with zero attached hydrogens (tertiary/aromatic N) is 1. The number of rotatable bonds is 7. The maximum Gasteiger partial charge on any atom is 0.353 e. The van der Waals surface area contributed by atoms with Crippen LogP contribution in [0.5, 0.6) is 11.5 Å². The Morgan fingerprint density at radius 1 is 1.03 bits per heavy atom. The second kappa shape index (κ2) is 10.1. The molecule has 0 aliphatic heterocycles. The molecule has 3 aromatic heterocycles. The normalized spacial score (nSPS) is 10.8. The van der Waals surface area contributed by atoms with Crippen LogP contribution in [0.4, 0.5) is 5.69 Å². The van der Waals surface area contributed by atoms with Gasteiger partial charge in [0.15, 0.2) is 6.61 Å². The average Bonchev–Trinajstić information content (AvgIpc) is 3.56. The molecular formula is C26H18N2O6S2. The van der Waals surface area contributed by atoms with Gasteiger partial charge in [-0.1, -0.05) is 6.07 Å². The number of carbonyl (C=O) groups excluding carboxylic acids is 2. The highest BCUT2D eigenvalue weighted by Crippen LogP contribution is 2.25. The van der Waals surface area contributed by atoms with Gasteiger partial charge in [0.25, 0.3) is 5.91 Å². The third-order valence-corrected chi connectivity index (χ3v) is 6.67. The maximum absolute atomic E-state index is 12.4. The molecule has 0 spiro atoms. The number of hydrogen-bond acceptors (Lipinski definition) is 9. The van der Waals surface area contributed by atoms with Crippen LogP contribution in [0.2, 0.25) is 0 Å². The topological polar surface area (TPSA) is 108 Å². The van der Waals surface area contributed by atoms with Gasteiger partial charge in [0.05, 0.1) is 16.3 Å². The van der Waals surface area contributed by atoms with Crippen molar-refractivity contribution in [2.24, 2.45) is 0 Å². The zero-order valence-corrected chi connectivity index (χ0v) is 20.5. The summed E-state index contributed by atoms with van der Waals surface area (Å²) in [6.07, 6.45) is 0. The highest BCUT2D eigenvalue weighted by molar-refractivity contribution is 7.12. The molecule has 0 atom stereocenters. The Labute approximate surface area is 212 Å². The minimum Gasteiger partial charge on any atom is -0.484 e. The molecule has 0 radical (unpaired) electrons. The van der Waals surface area contributed by atoms with Crippen LogP contribution in [0, 0.1) is 6.92 Å². The molecule has 0 saturated carbocycles. The van der Waals surface area contributed by atoms with Crippen LogP contribution in [-0.2, 0) is 4.79 Å². The molecule has 0 aliphatic carbocycles. The lowest BCUT2D eigenvalue weighted by molar-refractivity contribution is -0.118. The molecule has 0 fully saturated rings. The number of amides is 1. The van der Waals surface area contributed by atoms with Gasteiger partial charge in [0.2, 0.25) is 0 Å². The lowest BCUT2D eigenvalue weighted by Gasteiger charge is -2.09. The molecule has 3 heterocycles. The Morgan fingerprint density at radius 3 is 2.56 bits per heavy atom. The van der Waals surface area contributed by atoms with Crippen LogP contribution >= 0.6 is 22.7 Å². The van der Waals surface area contributed by atoms with Crippen molar-refractivity contribution in [3.63, 3.8) is 0 Å². The van der Waals surface area contributed by atoms with Crippen molar-refractivity contribution < 1.29 is 23.5 Å². The molecular weight excluding hydrogens is 500 g/mol. The number of esters is 1. The number of thiophene rings is 1. The number of anilines is 1. The monoisotopic (exact) mass is 518 g/mol. The molecule has 0 unspecified atom stereocenters. The van der Waals surface area contributed by atoms with Gasteiger partial charge in [0, 0.05) is 22.5 Å². The minimum absolute atomic E-state index is 0.249. The van der Waals surface area contributed by atoms with Crippen LogP contribution in [0.3, 0.4) is 0 Å². The first-order valence-electron chi connectivity index (χ1n) is 10.7. The fourth-order valence-corrected chi connectivity index (χ4v) is 4.56. The zero-order valence-electron chi connectivity index (χ0n) is 18.8. The number of aryl methyl sites for hydroxylation is 1. The van der Waals surface area contributed by atoms with Gasteiger partial charge in [0.1, 0.15) is 22.0 Å². The highest BCUT2D eigenvalue weighted by atomic mass is 32.1. The summed E-state index contributed by atoms with van der Waals surface area (Å²) < 4.78 is 16.3. The molecule has 8 nitrogen and oxygen atoms in total. The first kappa shape index (κ1) is 23.5. The highest BCUT2D eigenvalue weighted by Gasteiger charge is 2.13. The molecule has 180 valence electrons. The van der Waals surface area contributed by atoms with Crippen LogP contribution < -0.4 is 20.4 Å². The Morgan fingerprint density at radius 2 is 1.83 bits per heavy atom. The molecule has 1 amide bonds. The van der Waals surface area contributed by atoms with Crippen molar-refractivity contribution >= 4 is 51.2 Å². The predicted octanol–water partition coefficient (Wildman–Crippen LogP) is 5.52. The third kappa shape index (κ3) is 5.35. The van der Waals surface area contributed by atoms with E-state index >= 15 is 0 Å². The lowest BCUT2D eigenvalue weighted by atomic mass is 10.1. The largest absolute Gasteiger partial charge is 0.484 e. The molecule has 0 aliphatic rings. The summed E-state index contributed by atoms with van der Waals surface area (Å²) in [6.45, 7) is 1.62. The van der Waals surface area contributed by atoms with E-state index in [1.807, 2.05) is 12.3 Å². The van der Waals surface area contributed by atoms with Crippen LogP contribution in [0.1, 0.15) is 14.7 Å². The Hall–Kier alpha value is -4.28. The minimum atomic E-state index is -0.493. The van der Waals surface area contributed by atoms with E-state index in [-0.39, 0.29) is 12.5 Å². The van der Waals surface area contributed by atoms with E-state index in [2.05, 4.69) is 10.3 Å². The molecule has 5 rings (SSSR count). The van der Waals surface area contributed by atoms with E-state index < -0.39 is 11.6 Å². The predicted molar refractivity (Wildman–Crippen MR) is 138 cm³/mol. The number of benzene rings is 2. The standard InChI is InChI=1S/C26H18N2O6S2/c1-15-27-21(14-36-15)20-11-16-4-7-19(12-22(16)34-25(20)30)32-13-24(29)28-17-5-8-18(9-6-17)33-26(31)23-3-2-10-35-23/h2-12,14H,13H2,1H3,(H,28,29). The first-order chi connectivity index (χ1) is 17.4. The summed E-state index contributed by atoms with van der Waals surface area (Å²) in [6, 6.07) is 16.6. The lowest BCUT2D eigenvalue weighted by Crippen LogP contribution is -2.20. The van der Waals surface area contributed by atoms with Crippen LogP contribution in [0.15, 0.2) is 80.6 Å². The molecule has 1 N–H and O–H groups in total. The van der Waals surface area contributed by atoms with E-state index in [9.17, 15) is 14.4 Å². The van der Waals surface area contributed by atoms with E-state index in [4.69, 9.17) is 13.9 Å². The number of hydrogen-bond donors (Lipinski definition) is 1. The third-order valence-electron chi connectivity index (χ3n) is 5.04. The summed E-state index contributed by atoms with van der Waals surface area (Å²) in [5.41, 5.74) is 1.35. The number of nitrogens with one attached hydrogen (secondary N) is 1. The molecule has 36 heavy (non-hydrogen) atoms. The van der Waals surface area contributed by atoms with E-state index in [1.54, 1.807) is 66.0 Å². The summed E-state index contributed by atoms with van der Waals surface area (Å²) in [5.74, 6) is -0.0627. The van der Waals surface area contributed by atoms with Gasteiger partial charge < -0.3 is 19.2 Å². The van der Waals surface area contributed by atoms with Crippen molar-refractivity contribution in [2.45, 2.75) is 6.92 Å². The number of carbonyl (C=O) groups is 2. The molecule has 10 heteroatoms. The fraction of sp³-hybridized carbons (Fsp3) is 0.0769. The van der Waals surface area contributed by atoms with Gasteiger partial charge in [-0.25, -0.2) is 14.6 Å². The maximum atomic E-state index is 12.4. The first-order valence-corrected chi connectivity index (χ1v) is 12.5. The van der Waals surface area contributed by atoms with Crippen LogP contribution in [0.25, 0.3) is 22.2 Å². The number of ether oxygens (including phenoxy) is 2. The smallest absolute Gasteiger partial charge is 0.353 e. The van der Waals surface area contributed by atoms with Crippen molar-refractivity contribution in [1.82, 2.24) is 4.98 Å². The number of aromatic nitrogens is 1. The zero-order chi connectivity index (χ0) is 25.1. The summed E-state index contributed by atoms with van der Waals surface area (Å²) in [5, 5.41) is 7.90. The molecule has 0 bridgehead atoms. The van der Waals surface area contributed by atoms with Crippen molar-refractivity contribution in [1.29, 1.82) is 0 Å². The average molecular weight is 519 g/mol. The SMILES string of the molecule is Cc1nc(-c2cc3ccc(OCC(=O)Nc4ccc(OC(=O)c5cccs5)cc4)cc3oc2=O)cs1. The summed E-state index contributed by atoms with van der Waals surface area (Å²) in [7, 11) is 0. The Balaban J connectivity index is 1.19. The second-order valence-electron chi connectivity index (χ2n) is 7.63. The molecule has 5 aromatic rings. The van der Waals surface area contributed by atoms with E-state index in [1.165, 1.54) is 22.7 Å². The van der Waals surface area contributed by atoms with Gasteiger partial charge in [-0.2, -0.15) is 0 Å².